The van der Waals surface area contributed by atoms with Gasteiger partial charge in [0.25, 0.3) is 5.56 Å². The molecule has 1 aromatic rings. The van der Waals surface area contributed by atoms with E-state index in [4.69, 9.17) is 0 Å². The molecular weight excluding hydrogens is 214 g/mol. The maximum absolute atomic E-state index is 11.5. The molecule has 4 N–H and O–H groups in total. The minimum atomic E-state index is -1.02. The summed E-state index contributed by atoms with van der Waals surface area (Å²) in [6.07, 6.45) is -0.628. The highest BCUT2D eigenvalue weighted by atomic mass is 16.3. The monoisotopic (exact) mass is 227 g/mol. The molecule has 2 rings (SSSR count). The summed E-state index contributed by atoms with van der Waals surface area (Å²) < 4.78 is 1.21. The highest BCUT2D eigenvalue weighted by Crippen LogP contribution is 2.15. The first-order valence-electron chi connectivity index (χ1n) is 4.98. The number of aromatic amines is 1. The van der Waals surface area contributed by atoms with E-state index in [0.29, 0.717) is 6.54 Å². The predicted octanol–water partition coefficient (Wildman–Crippen LogP) is -2.60. The molecule has 7 heteroatoms. The highest BCUT2D eigenvalue weighted by Gasteiger charge is 2.31. The van der Waals surface area contributed by atoms with Gasteiger partial charge >= 0.3 is 5.69 Å². The first-order valence-corrected chi connectivity index (χ1v) is 4.98. The summed E-state index contributed by atoms with van der Waals surface area (Å²) >= 11 is 0. The summed E-state index contributed by atoms with van der Waals surface area (Å²) in [5.41, 5.74) is -1.08. The van der Waals surface area contributed by atoms with Crippen LogP contribution in [0.4, 0.5) is 0 Å². The van der Waals surface area contributed by atoms with Crippen LogP contribution in [0, 0.1) is 0 Å². The third-order valence-electron chi connectivity index (χ3n) is 2.70. The molecule has 0 unspecified atom stereocenters. The predicted molar refractivity (Wildman–Crippen MR) is 55.2 cm³/mol. The Bertz CT molecular complexity index is 480. The van der Waals surface area contributed by atoms with E-state index in [1.807, 2.05) is 0 Å². The summed E-state index contributed by atoms with van der Waals surface area (Å²) in [4.78, 5) is 24.5. The third-order valence-corrected chi connectivity index (χ3v) is 2.70. The van der Waals surface area contributed by atoms with Crippen molar-refractivity contribution in [3.63, 3.8) is 0 Å². The van der Waals surface area contributed by atoms with Crippen molar-refractivity contribution < 1.29 is 10.2 Å². The van der Waals surface area contributed by atoms with Crippen molar-refractivity contribution >= 4 is 0 Å². The zero-order valence-electron chi connectivity index (χ0n) is 8.46. The maximum atomic E-state index is 11.5. The number of aromatic nitrogens is 2. The summed E-state index contributed by atoms with van der Waals surface area (Å²) in [5, 5.41) is 22.1. The van der Waals surface area contributed by atoms with Crippen LogP contribution in [0.5, 0.6) is 0 Å². The second-order valence-corrected chi connectivity index (χ2v) is 3.80. The Balaban J connectivity index is 2.36. The van der Waals surface area contributed by atoms with Crippen LogP contribution in [0.1, 0.15) is 6.04 Å². The molecule has 2 heterocycles. The first-order chi connectivity index (χ1) is 7.59. The van der Waals surface area contributed by atoms with Gasteiger partial charge in [-0.15, -0.1) is 0 Å². The van der Waals surface area contributed by atoms with Gasteiger partial charge in [0.05, 0.1) is 12.1 Å². The minimum Gasteiger partial charge on any atom is -0.389 e. The molecule has 0 amide bonds. The molecule has 0 aromatic carbocycles. The van der Waals surface area contributed by atoms with Gasteiger partial charge in [-0.3, -0.25) is 14.3 Å². The van der Waals surface area contributed by atoms with Crippen LogP contribution in [0.3, 0.4) is 0 Å². The fraction of sp³-hybridized carbons (Fsp3) is 0.556. The Morgan fingerprint density at radius 3 is 2.75 bits per heavy atom. The van der Waals surface area contributed by atoms with Crippen molar-refractivity contribution in [3.8, 4) is 0 Å². The normalized spacial score (nSPS) is 30.2. The summed E-state index contributed by atoms with van der Waals surface area (Å²) in [6, 6.07) is 0.628. The number of aliphatic hydroxyl groups excluding tert-OH is 2. The van der Waals surface area contributed by atoms with Crippen LogP contribution in [0.15, 0.2) is 21.9 Å². The quantitative estimate of drug-likeness (QED) is 0.421. The largest absolute Gasteiger partial charge is 0.389 e. The van der Waals surface area contributed by atoms with Crippen molar-refractivity contribution in [2.45, 2.75) is 18.2 Å². The van der Waals surface area contributed by atoms with Gasteiger partial charge in [0, 0.05) is 25.4 Å². The van der Waals surface area contributed by atoms with E-state index in [-0.39, 0.29) is 6.54 Å². The van der Waals surface area contributed by atoms with Crippen LogP contribution in [-0.4, -0.2) is 45.1 Å². The van der Waals surface area contributed by atoms with Gasteiger partial charge in [0.1, 0.15) is 6.10 Å². The number of rotatable bonds is 1. The van der Waals surface area contributed by atoms with Crippen molar-refractivity contribution in [2.75, 3.05) is 13.1 Å². The standard InChI is InChI=1S/C9H13N3O4/c13-6-4-10-3-5(8(6)15)12-2-1-7(14)11-9(12)16/h1-2,5-6,8,10,13,15H,3-4H2,(H,11,14,16)/t5-,6-,8+/m0/s1. The molecule has 0 radical (unpaired) electrons. The molecule has 0 spiro atoms. The van der Waals surface area contributed by atoms with Crippen LogP contribution in [0.25, 0.3) is 0 Å². The van der Waals surface area contributed by atoms with Gasteiger partial charge in [-0.1, -0.05) is 0 Å². The lowest BCUT2D eigenvalue weighted by atomic mass is 10.0. The number of hydrogen-bond acceptors (Lipinski definition) is 5. The summed E-state index contributed by atoms with van der Waals surface area (Å²) in [7, 11) is 0. The molecular formula is C9H13N3O4. The topological polar surface area (TPSA) is 107 Å². The molecule has 1 aliphatic heterocycles. The first kappa shape index (κ1) is 11.1. The number of piperidine rings is 1. The van der Waals surface area contributed by atoms with E-state index in [1.165, 1.54) is 16.8 Å². The van der Waals surface area contributed by atoms with Gasteiger partial charge in [-0.25, -0.2) is 4.79 Å². The molecule has 1 aromatic heterocycles. The lowest BCUT2D eigenvalue weighted by molar-refractivity contribution is -0.0312. The average molecular weight is 227 g/mol. The van der Waals surface area contributed by atoms with Crippen LogP contribution >= 0.6 is 0 Å². The van der Waals surface area contributed by atoms with Gasteiger partial charge in [0.15, 0.2) is 0 Å². The molecule has 0 aliphatic carbocycles. The van der Waals surface area contributed by atoms with E-state index < -0.39 is 29.5 Å². The van der Waals surface area contributed by atoms with Gasteiger partial charge in [-0.05, 0) is 0 Å². The lowest BCUT2D eigenvalue weighted by Gasteiger charge is -2.33. The number of aliphatic hydroxyl groups is 2. The maximum Gasteiger partial charge on any atom is 0.328 e. The van der Waals surface area contributed by atoms with E-state index in [2.05, 4.69) is 10.3 Å². The second-order valence-electron chi connectivity index (χ2n) is 3.80. The molecule has 0 saturated carbocycles. The van der Waals surface area contributed by atoms with E-state index in [9.17, 15) is 19.8 Å². The number of β-amino-alcohol motifs (C(OH)–C–C–N with tert-alkyl or cyclic N) is 1. The molecule has 1 fully saturated rings. The van der Waals surface area contributed by atoms with Gasteiger partial charge < -0.3 is 15.5 Å². The average Bonchev–Trinajstić information content (AvgIpc) is 2.23. The molecule has 1 saturated heterocycles. The molecule has 0 bridgehead atoms. The number of hydrogen-bond donors (Lipinski definition) is 4. The Labute approximate surface area is 90.4 Å². The van der Waals surface area contributed by atoms with Gasteiger partial charge in [-0.2, -0.15) is 0 Å². The Morgan fingerprint density at radius 2 is 2.06 bits per heavy atom. The molecule has 7 nitrogen and oxygen atoms in total. The zero-order chi connectivity index (χ0) is 11.7. The fourth-order valence-electron chi connectivity index (χ4n) is 1.83. The van der Waals surface area contributed by atoms with E-state index in [1.54, 1.807) is 0 Å². The number of H-pyrrole nitrogens is 1. The molecule has 1 aliphatic rings. The molecule has 3 atom stereocenters. The van der Waals surface area contributed by atoms with Crippen molar-refractivity contribution in [1.29, 1.82) is 0 Å². The summed E-state index contributed by atoms with van der Waals surface area (Å²) in [5.74, 6) is 0. The van der Waals surface area contributed by atoms with Crippen LogP contribution in [-0.2, 0) is 0 Å². The Hall–Kier alpha value is -1.44. The lowest BCUT2D eigenvalue weighted by Crippen LogP contribution is -2.53. The molecule has 16 heavy (non-hydrogen) atoms. The Morgan fingerprint density at radius 1 is 1.31 bits per heavy atom. The van der Waals surface area contributed by atoms with Crippen LogP contribution in [0.2, 0.25) is 0 Å². The van der Waals surface area contributed by atoms with Gasteiger partial charge in [0.2, 0.25) is 0 Å². The Kier molecular flexibility index (Phi) is 2.90. The highest BCUT2D eigenvalue weighted by molar-refractivity contribution is 4.93. The van der Waals surface area contributed by atoms with Crippen molar-refractivity contribution in [2.24, 2.45) is 0 Å². The molecule has 88 valence electrons. The SMILES string of the molecule is O=c1ccn([C@H]2CNC[C@H](O)[C@@H]2O)c(=O)[nH]1. The van der Waals surface area contributed by atoms with E-state index in [0.717, 1.165) is 0 Å². The van der Waals surface area contributed by atoms with E-state index >= 15 is 0 Å². The zero-order valence-corrected chi connectivity index (χ0v) is 8.46. The smallest absolute Gasteiger partial charge is 0.328 e. The fourth-order valence-corrected chi connectivity index (χ4v) is 1.83. The number of nitrogens with zero attached hydrogens (tertiary/aromatic N) is 1. The third kappa shape index (κ3) is 1.92. The minimum absolute atomic E-state index is 0.287. The van der Waals surface area contributed by atoms with Crippen molar-refractivity contribution in [1.82, 2.24) is 14.9 Å². The van der Waals surface area contributed by atoms with Crippen molar-refractivity contribution in [3.05, 3.63) is 33.1 Å². The second kappa shape index (κ2) is 4.20. The number of nitrogens with one attached hydrogen (secondary N) is 2. The van der Waals surface area contributed by atoms with Crippen LogP contribution < -0.4 is 16.6 Å². The summed E-state index contributed by atoms with van der Waals surface area (Å²) in [6.45, 7) is 0.653.